The summed E-state index contributed by atoms with van der Waals surface area (Å²) < 4.78 is 21.9. The number of amides is 1. The standard InChI is InChI=1S/C31H46N2O8/c1-20(2)23(29(36)41-31(3,4)5)17-28(35)39-15-8-7-12-27(34)33-14-13-21-10-9-11-26(24(21)19-33)40-22-16-25(32-18-22)30(37)38-6/h9-11,20,22-23,25,32H,7-8,12-19H2,1-6H3/t22-,23+,25+/m1/s1. The third-order valence-corrected chi connectivity index (χ3v) is 7.40. The van der Waals surface area contributed by atoms with Crippen molar-refractivity contribution in [3.05, 3.63) is 29.3 Å². The number of rotatable bonds is 12. The molecule has 3 rings (SSSR count). The van der Waals surface area contributed by atoms with Crippen molar-refractivity contribution in [2.75, 3.05) is 26.8 Å². The summed E-state index contributed by atoms with van der Waals surface area (Å²) in [4.78, 5) is 51.5. The predicted molar refractivity (Wildman–Crippen MR) is 152 cm³/mol. The molecule has 0 bridgehead atoms. The van der Waals surface area contributed by atoms with E-state index in [-0.39, 0.29) is 43.0 Å². The number of methoxy groups -OCH3 is 1. The first kappa shape index (κ1) is 32.4. The van der Waals surface area contributed by atoms with Gasteiger partial charge in [0.15, 0.2) is 0 Å². The second kappa shape index (κ2) is 14.7. The Morgan fingerprint density at radius 1 is 1.12 bits per heavy atom. The molecule has 2 heterocycles. The van der Waals surface area contributed by atoms with Gasteiger partial charge in [-0.15, -0.1) is 0 Å². The fourth-order valence-corrected chi connectivity index (χ4v) is 5.10. The Bertz CT molecular complexity index is 1080. The topological polar surface area (TPSA) is 120 Å². The Hall–Kier alpha value is -3.14. The van der Waals surface area contributed by atoms with Gasteiger partial charge in [0.05, 0.1) is 26.1 Å². The first-order chi connectivity index (χ1) is 19.4. The summed E-state index contributed by atoms with van der Waals surface area (Å²) >= 11 is 0. The maximum atomic E-state index is 13.0. The number of carbonyl (C=O) groups is 4. The van der Waals surface area contributed by atoms with Gasteiger partial charge in [0.25, 0.3) is 0 Å². The fraction of sp³-hybridized carbons (Fsp3) is 0.677. The highest BCUT2D eigenvalue weighted by atomic mass is 16.6. The van der Waals surface area contributed by atoms with Gasteiger partial charge in [-0.25, -0.2) is 0 Å². The lowest BCUT2D eigenvalue weighted by Crippen LogP contribution is -2.36. The highest BCUT2D eigenvalue weighted by Crippen LogP contribution is 2.30. The van der Waals surface area contributed by atoms with Crippen LogP contribution in [0.1, 0.15) is 77.8 Å². The minimum Gasteiger partial charge on any atom is -0.489 e. The number of fused-ring (bicyclic) bond motifs is 1. The van der Waals surface area contributed by atoms with Crippen LogP contribution in [0.4, 0.5) is 0 Å². The normalized spacial score (nSPS) is 19.3. The van der Waals surface area contributed by atoms with E-state index in [0.29, 0.717) is 45.3 Å². The fourth-order valence-electron chi connectivity index (χ4n) is 5.10. The van der Waals surface area contributed by atoms with E-state index in [1.165, 1.54) is 12.7 Å². The van der Waals surface area contributed by atoms with Gasteiger partial charge in [-0.05, 0) is 57.6 Å². The van der Waals surface area contributed by atoms with E-state index in [0.717, 1.165) is 17.7 Å². The van der Waals surface area contributed by atoms with Gasteiger partial charge in [0, 0.05) is 38.0 Å². The molecule has 1 aromatic carbocycles. The number of ether oxygens (including phenoxy) is 4. The first-order valence-corrected chi connectivity index (χ1v) is 14.6. The number of esters is 3. The summed E-state index contributed by atoms with van der Waals surface area (Å²) in [5.41, 5.74) is 1.56. The smallest absolute Gasteiger partial charge is 0.323 e. The molecule has 1 aromatic rings. The monoisotopic (exact) mass is 574 g/mol. The average Bonchev–Trinajstić information content (AvgIpc) is 3.38. The van der Waals surface area contributed by atoms with Crippen LogP contribution < -0.4 is 10.1 Å². The number of hydrogen-bond donors (Lipinski definition) is 1. The predicted octanol–water partition coefficient (Wildman–Crippen LogP) is 3.57. The highest BCUT2D eigenvalue weighted by molar-refractivity contribution is 5.80. The molecule has 10 nitrogen and oxygen atoms in total. The van der Waals surface area contributed by atoms with Crippen LogP contribution in [0, 0.1) is 11.8 Å². The summed E-state index contributed by atoms with van der Waals surface area (Å²) in [6.07, 6.45) is 2.61. The zero-order chi connectivity index (χ0) is 30.2. The quantitative estimate of drug-likeness (QED) is 0.227. The number of nitrogens with one attached hydrogen (secondary N) is 1. The van der Waals surface area contributed by atoms with Crippen molar-refractivity contribution in [3.8, 4) is 5.75 Å². The Morgan fingerprint density at radius 2 is 1.88 bits per heavy atom. The molecule has 228 valence electrons. The molecule has 3 atom stereocenters. The van der Waals surface area contributed by atoms with E-state index in [2.05, 4.69) is 11.4 Å². The van der Waals surface area contributed by atoms with E-state index >= 15 is 0 Å². The van der Waals surface area contributed by atoms with Crippen molar-refractivity contribution in [3.63, 3.8) is 0 Å². The zero-order valence-corrected chi connectivity index (χ0v) is 25.3. The molecular weight excluding hydrogens is 528 g/mol. The zero-order valence-electron chi connectivity index (χ0n) is 25.3. The van der Waals surface area contributed by atoms with Gasteiger partial charge in [0.1, 0.15) is 23.5 Å². The molecule has 1 saturated heterocycles. The molecule has 0 spiro atoms. The highest BCUT2D eigenvalue weighted by Gasteiger charge is 2.33. The molecule has 0 radical (unpaired) electrons. The molecule has 2 aliphatic heterocycles. The van der Waals surface area contributed by atoms with Crippen LogP contribution >= 0.6 is 0 Å². The average molecular weight is 575 g/mol. The molecule has 1 amide bonds. The molecule has 0 unspecified atom stereocenters. The van der Waals surface area contributed by atoms with Gasteiger partial charge < -0.3 is 29.2 Å². The first-order valence-electron chi connectivity index (χ1n) is 14.6. The van der Waals surface area contributed by atoms with E-state index in [9.17, 15) is 19.2 Å². The van der Waals surface area contributed by atoms with Crippen LogP contribution in [-0.4, -0.2) is 73.3 Å². The third kappa shape index (κ3) is 9.73. The van der Waals surface area contributed by atoms with E-state index < -0.39 is 23.5 Å². The van der Waals surface area contributed by atoms with E-state index in [1.54, 1.807) is 20.8 Å². The Morgan fingerprint density at radius 3 is 2.56 bits per heavy atom. The van der Waals surface area contributed by atoms with Crippen LogP contribution in [0.5, 0.6) is 5.75 Å². The number of carbonyl (C=O) groups excluding carboxylic acids is 4. The van der Waals surface area contributed by atoms with Crippen molar-refractivity contribution in [2.45, 2.75) is 97.4 Å². The largest absolute Gasteiger partial charge is 0.489 e. The van der Waals surface area contributed by atoms with Crippen molar-refractivity contribution in [2.24, 2.45) is 11.8 Å². The van der Waals surface area contributed by atoms with Crippen LogP contribution in [0.3, 0.4) is 0 Å². The molecular formula is C31H46N2O8. The summed E-state index contributed by atoms with van der Waals surface area (Å²) in [5.74, 6) is -0.933. The lowest BCUT2D eigenvalue weighted by Gasteiger charge is -2.31. The molecule has 1 N–H and O–H groups in total. The van der Waals surface area contributed by atoms with Crippen molar-refractivity contribution < 1.29 is 38.1 Å². The summed E-state index contributed by atoms with van der Waals surface area (Å²) in [6.45, 7) is 11.0. The van der Waals surface area contributed by atoms with Crippen LogP contribution in [0.2, 0.25) is 0 Å². The minimum absolute atomic E-state index is 0.0244. The number of hydrogen-bond acceptors (Lipinski definition) is 9. The van der Waals surface area contributed by atoms with Gasteiger partial charge in [-0.3, -0.25) is 19.2 Å². The van der Waals surface area contributed by atoms with Gasteiger partial charge in [0.2, 0.25) is 5.91 Å². The summed E-state index contributed by atoms with van der Waals surface area (Å²) in [7, 11) is 1.38. The Balaban J connectivity index is 1.42. The van der Waals surface area contributed by atoms with Crippen LogP contribution in [-0.2, 0) is 46.4 Å². The molecule has 0 saturated carbocycles. The van der Waals surface area contributed by atoms with Crippen LogP contribution in [0.25, 0.3) is 0 Å². The number of nitrogens with zero attached hydrogens (tertiary/aromatic N) is 1. The van der Waals surface area contributed by atoms with E-state index in [4.69, 9.17) is 18.9 Å². The minimum atomic E-state index is -0.617. The second-order valence-corrected chi connectivity index (χ2v) is 12.2. The maximum Gasteiger partial charge on any atom is 0.323 e. The second-order valence-electron chi connectivity index (χ2n) is 12.2. The van der Waals surface area contributed by atoms with E-state index in [1.807, 2.05) is 30.9 Å². The molecule has 41 heavy (non-hydrogen) atoms. The van der Waals surface area contributed by atoms with Gasteiger partial charge in [-0.2, -0.15) is 0 Å². The maximum absolute atomic E-state index is 13.0. The summed E-state index contributed by atoms with van der Waals surface area (Å²) in [6, 6.07) is 5.57. The lowest BCUT2D eigenvalue weighted by atomic mass is 9.92. The van der Waals surface area contributed by atoms with Crippen molar-refractivity contribution in [1.82, 2.24) is 10.2 Å². The molecule has 1 fully saturated rings. The van der Waals surface area contributed by atoms with Crippen LogP contribution in [0.15, 0.2) is 18.2 Å². The van der Waals surface area contributed by atoms with Gasteiger partial charge in [-0.1, -0.05) is 26.0 Å². The Kier molecular flexibility index (Phi) is 11.6. The van der Waals surface area contributed by atoms with Crippen molar-refractivity contribution in [1.29, 1.82) is 0 Å². The molecule has 0 aliphatic carbocycles. The Labute approximate surface area is 243 Å². The number of unbranched alkanes of at least 4 members (excludes halogenated alkanes) is 1. The molecule has 0 aromatic heterocycles. The third-order valence-electron chi connectivity index (χ3n) is 7.40. The molecule has 2 aliphatic rings. The number of benzene rings is 1. The van der Waals surface area contributed by atoms with Gasteiger partial charge >= 0.3 is 17.9 Å². The van der Waals surface area contributed by atoms with Crippen molar-refractivity contribution >= 4 is 23.8 Å². The molecule has 10 heteroatoms. The lowest BCUT2D eigenvalue weighted by molar-refractivity contribution is -0.165. The summed E-state index contributed by atoms with van der Waals surface area (Å²) in [5, 5.41) is 3.14. The SMILES string of the molecule is COC(=O)[C@@H]1C[C@@H](Oc2cccc3c2CN(C(=O)CCCCOC(=O)C[C@H](C(=O)OC(C)(C)C)C(C)C)CC3)CN1.